The molecule has 2 saturated heterocycles. The van der Waals surface area contributed by atoms with Crippen molar-refractivity contribution in [1.29, 1.82) is 0 Å². The van der Waals surface area contributed by atoms with Gasteiger partial charge in [-0.25, -0.2) is 4.79 Å². The first-order valence-corrected chi connectivity index (χ1v) is 9.44. The quantitative estimate of drug-likeness (QED) is 0.901. The van der Waals surface area contributed by atoms with Crippen molar-refractivity contribution in [1.82, 2.24) is 10.2 Å². The van der Waals surface area contributed by atoms with Crippen LogP contribution >= 0.6 is 0 Å². The summed E-state index contributed by atoms with van der Waals surface area (Å²) < 4.78 is 11.6. The van der Waals surface area contributed by atoms with Crippen LogP contribution in [0.3, 0.4) is 0 Å². The smallest absolute Gasteiger partial charge is 0.407 e. The molecule has 0 unspecified atom stereocenters. The fourth-order valence-corrected chi connectivity index (χ4v) is 4.33. The van der Waals surface area contributed by atoms with Gasteiger partial charge in [0.05, 0.1) is 13.1 Å². The zero-order valence-electron chi connectivity index (χ0n) is 15.5. The average molecular weight is 358 g/mol. The van der Waals surface area contributed by atoms with Crippen LogP contribution in [0.5, 0.6) is 5.75 Å². The number of hydrogen-bond acceptors (Lipinski definition) is 4. The van der Waals surface area contributed by atoms with E-state index in [9.17, 15) is 9.59 Å². The van der Waals surface area contributed by atoms with Crippen molar-refractivity contribution in [3.63, 3.8) is 0 Å². The summed E-state index contributed by atoms with van der Waals surface area (Å²) in [6, 6.07) is 6.13. The largest absolute Gasteiger partial charge is 0.478 e. The molecule has 1 atom stereocenters. The third kappa shape index (κ3) is 3.13. The molecular weight excluding hydrogens is 332 g/mol. The highest BCUT2D eigenvalue weighted by atomic mass is 16.6. The fraction of sp³-hybridized carbons (Fsp3) is 0.600. The molecular formula is C20H26N2O4. The molecule has 4 rings (SSSR count). The van der Waals surface area contributed by atoms with Crippen LogP contribution in [-0.2, 0) is 22.4 Å². The maximum absolute atomic E-state index is 13.1. The minimum Gasteiger partial charge on any atom is -0.478 e. The third-order valence-electron chi connectivity index (χ3n) is 5.65. The van der Waals surface area contributed by atoms with Gasteiger partial charge in [-0.1, -0.05) is 6.07 Å². The Labute approximate surface area is 153 Å². The molecule has 1 aliphatic carbocycles. The second-order valence-corrected chi connectivity index (χ2v) is 8.15. The minimum atomic E-state index is -0.971. The van der Waals surface area contributed by atoms with Crippen LogP contribution < -0.4 is 10.1 Å². The SMILES string of the molecule is CC(C)(Oc1ccc2c(c1)CCC2)C(=O)N1CCC[C@]2(CNC(=O)O2)C1. The van der Waals surface area contributed by atoms with Crippen molar-refractivity contribution in [2.45, 2.75) is 57.2 Å². The van der Waals surface area contributed by atoms with Crippen molar-refractivity contribution in [2.75, 3.05) is 19.6 Å². The monoisotopic (exact) mass is 358 g/mol. The molecule has 0 bridgehead atoms. The Morgan fingerprint density at radius 1 is 1.27 bits per heavy atom. The normalized spacial score (nSPS) is 25.0. The Balaban J connectivity index is 1.46. The lowest BCUT2D eigenvalue weighted by Gasteiger charge is -2.41. The van der Waals surface area contributed by atoms with Gasteiger partial charge in [0.15, 0.2) is 5.60 Å². The molecule has 3 aliphatic rings. The Morgan fingerprint density at radius 3 is 2.85 bits per heavy atom. The number of ether oxygens (including phenoxy) is 2. The maximum atomic E-state index is 13.1. The van der Waals surface area contributed by atoms with Crippen LogP contribution in [0, 0.1) is 0 Å². The van der Waals surface area contributed by atoms with Crippen molar-refractivity contribution in [3.8, 4) is 5.75 Å². The summed E-state index contributed by atoms with van der Waals surface area (Å²) >= 11 is 0. The van der Waals surface area contributed by atoms with E-state index >= 15 is 0 Å². The Morgan fingerprint density at radius 2 is 2.08 bits per heavy atom. The number of benzene rings is 1. The molecule has 2 heterocycles. The second-order valence-electron chi connectivity index (χ2n) is 8.15. The lowest BCUT2D eigenvalue weighted by atomic mass is 9.92. The number of fused-ring (bicyclic) bond motifs is 1. The van der Waals surface area contributed by atoms with E-state index in [1.165, 1.54) is 17.5 Å². The van der Waals surface area contributed by atoms with E-state index in [4.69, 9.17) is 9.47 Å². The number of nitrogens with zero attached hydrogens (tertiary/aromatic N) is 1. The van der Waals surface area contributed by atoms with Gasteiger partial charge in [-0.2, -0.15) is 0 Å². The first kappa shape index (κ1) is 17.2. The van der Waals surface area contributed by atoms with Crippen LogP contribution in [0.1, 0.15) is 44.2 Å². The number of carbonyl (C=O) groups is 2. The summed E-state index contributed by atoms with van der Waals surface area (Å²) in [5.41, 5.74) is 1.15. The lowest BCUT2D eigenvalue weighted by Crippen LogP contribution is -2.57. The second kappa shape index (κ2) is 6.18. The van der Waals surface area contributed by atoms with E-state index in [2.05, 4.69) is 17.4 Å². The number of aryl methyl sites for hydroxylation is 2. The van der Waals surface area contributed by atoms with Gasteiger partial charge < -0.3 is 19.7 Å². The van der Waals surface area contributed by atoms with Gasteiger partial charge in [0.1, 0.15) is 11.4 Å². The Bertz CT molecular complexity index is 745. The van der Waals surface area contributed by atoms with Crippen molar-refractivity contribution in [3.05, 3.63) is 29.3 Å². The summed E-state index contributed by atoms with van der Waals surface area (Å²) in [4.78, 5) is 26.4. The van der Waals surface area contributed by atoms with E-state index in [1.807, 2.05) is 19.9 Å². The van der Waals surface area contributed by atoms with E-state index in [0.29, 0.717) is 19.6 Å². The number of rotatable bonds is 3. The average Bonchev–Trinajstić information content (AvgIpc) is 3.20. The molecule has 1 aromatic carbocycles. The fourth-order valence-electron chi connectivity index (χ4n) is 4.33. The molecule has 2 fully saturated rings. The summed E-state index contributed by atoms with van der Waals surface area (Å²) in [6.45, 7) is 5.16. The molecule has 0 saturated carbocycles. The number of carbonyl (C=O) groups excluding carboxylic acids is 2. The first-order valence-electron chi connectivity index (χ1n) is 9.44. The molecule has 2 amide bonds. The summed E-state index contributed by atoms with van der Waals surface area (Å²) in [7, 11) is 0. The van der Waals surface area contributed by atoms with Gasteiger partial charge in [0.2, 0.25) is 0 Å². The topological polar surface area (TPSA) is 67.9 Å². The van der Waals surface area contributed by atoms with E-state index in [-0.39, 0.29) is 5.91 Å². The predicted molar refractivity (Wildman–Crippen MR) is 96.2 cm³/mol. The Hall–Kier alpha value is -2.24. The van der Waals surface area contributed by atoms with Crippen LogP contribution in [-0.4, -0.2) is 47.7 Å². The first-order chi connectivity index (χ1) is 12.4. The minimum absolute atomic E-state index is 0.0694. The molecule has 0 radical (unpaired) electrons. The summed E-state index contributed by atoms with van der Waals surface area (Å²) in [5.74, 6) is 0.671. The van der Waals surface area contributed by atoms with Crippen molar-refractivity contribution >= 4 is 12.0 Å². The number of amides is 2. The molecule has 140 valence electrons. The molecule has 1 spiro atoms. The molecule has 1 N–H and O–H groups in total. The molecule has 6 nitrogen and oxygen atoms in total. The van der Waals surface area contributed by atoms with Gasteiger partial charge in [0, 0.05) is 6.54 Å². The van der Waals surface area contributed by atoms with Gasteiger partial charge in [-0.15, -0.1) is 0 Å². The van der Waals surface area contributed by atoms with Crippen LogP contribution in [0.4, 0.5) is 4.79 Å². The predicted octanol–water partition coefficient (Wildman–Crippen LogP) is 2.43. The van der Waals surface area contributed by atoms with E-state index < -0.39 is 17.3 Å². The van der Waals surface area contributed by atoms with Gasteiger partial charge in [-0.05, 0) is 69.2 Å². The highest BCUT2D eigenvalue weighted by Gasteiger charge is 2.47. The van der Waals surface area contributed by atoms with Gasteiger partial charge in [0.25, 0.3) is 5.91 Å². The van der Waals surface area contributed by atoms with E-state index in [1.54, 1.807) is 4.90 Å². The lowest BCUT2D eigenvalue weighted by molar-refractivity contribution is -0.151. The number of likely N-dealkylation sites (tertiary alicyclic amines) is 1. The van der Waals surface area contributed by atoms with Crippen LogP contribution in [0.2, 0.25) is 0 Å². The van der Waals surface area contributed by atoms with Gasteiger partial charge in [-0.3, -0.25) is 4.79 Å². The zero-order chi connectivity index (χ0) is 18.4. The highest BCUT2D eigenvalue weighted by molar-refractivity contribution is 5.85. The molecule has 6 heteroatoms. The summed E-state index contributed by atoms with van der Waals surface area (Å²) in [6.07, 6.45) is 4.59. The molecule has 1 aromatic rings. The highest BCUT2D eigenvalue weighted by Crippen LogP contribution is 2.31. The molecule has 26 heavy (non-hydrogen) atoms. The zero-order valence-corrected chi connectivity index (χ0v) is 15.5. The standard InChI is InChI=1S/C20H26N2O4/c1-19(2,25-16-8-7-14-5-3-6-15(14)11-16)17(23)22-10-4-9-20(13-22)12-21-18(24)26-20/h7-8,11H,3-6,9-10,12-13H2,1-2H3,(H,21,24)/t20-/m0/s1. The van der Waals surface area contributed by atoms with Crippen LogP contribution in [0.25, 0.3) is 0 Å². The number of nitrogens with one attached hydrogen (secondary N) is 1. The van der Waals surface area contributed by atoms with Crippen LogP contribution in [0.15, 0.2) is 18.2 Å². The maximum Gasteiger partial charge on any atom is 0.407 e. The number of alkyl carbamates (subject to hydrolysis) is 1. The van der Waals surface area contributed by atoms with Gasteiger partial charge >= 0.3 is 6.09 Å². The number of hydrogen-bond donors (Lipinski definition) is 1. The summed E-state index contributed by atoms with van der Waals surface area (Å²) in [5, 5.41) is 2.71. The third-order valence-corrected chi connectivity index (χ3v) is 5.65. The van der Waals surface area contributed by atoms with E-state index in [0.717, 1.165) is 31.4 Å². The molecule has 2 aliphatic heterocycles. The van der Waals surface area contributed by atoms with Crippen molar-refractivity contribution < 1.29 is 19.1 Å². The number of piperidine rings is 1. The Kier molecular flexibility index (Phi) is 4.09. The molecule has 0 aromatic heterocycles. The van der Waals surface area contributed by atoms with Crippen molar-refractivity contribution in [2.24, 2.45) is 0 Å².